The molecule has 0 amide bonds. The smallest absolute Gasteiger partial charge is 0.126 e. The van der Waals surface area contributed by atoms with Gasteiger partial charge < -0.3 is 9.73 Å². The third-order valence-electron chi connectivity index (χ3n) is 2.85. The monoisotopic (exact) mass is 217 g/mol. The first-order valence-electron chi connectivity index (χ1n) is 6.04. The Morgan fingerprint density at radius 2 is 2.44 bits per heavy atom. The first-order valence-corrected chi connectivity index (χ1v) is 6.04. The van der Waals surface area contributed by atoms with E-state index < -0.39 is 0 Å². The number of furan rings is 1. The minimum Gasteiger partial charge on any atom is -0.465 e. The second kappa shape index (κ2) is 6.33. The highest BCUT2D eigenvalue weighted by molar-refractivity contribution is 5.42. The molecule has 1 aliphatic carbocycles. The van der Waals surface area contributed by atoms with Crippen LogP contribution in [0.25, 0.3) is 6.08 Å². The molecule has 0 atom stereocenters. The molecule has 0 fully saturated rings. The largest absolute Gasteiger partial charge is 0.465 e. The average molecular weight is 217 g/mol. The molecule has 0 bridgehead atoms. The van der Waals surface area contributed by atoms with Crippen LogP contribution < -0.4 is 5.32 Å². The highest BCUT2D eigenvalue weighted by atomic mass is 16.3. The number of allylic oxidation sites excluding steroid dienone is 1. The Labute approximate surface area is 97.0 Å². The topological polar surface area (TPSA) is 25.2 Å². The first-order chi connectivity index (χ1) is 7.95. The third kappa shape index (κ3) is 3.70. The molecule has 1 aliphatic rings. The molecule has 1 N–H and O–H groups in total. The summed E-state index contributed by atoms with van der Waals surface area (Å²) < 4.78 is 5.20. The van der Waals surface area contributed by atoms with E-state index in [1.165, 1.54) is 25.7 Å². The summed E-state index contributed by atoms with van der Waals surface area (Å²) in [7, 11) is 0. The SMILES string of the molecule is C1=C(CCNC/C=C/c2ccco2)CCC1. The van der Waals surface area contributed by atoms with Crippen LogP contribution in [0.2, 0.25) is 0 Å². The zero-order valence-corrected chi connectivity index (χ0v) is 9.61. The van der Waals surface area contributed by atoms with Crippen molar-refractivity contribution >= 4 is 6.08 Å². The third-order valence-corrected chi connectivity index (χ3v) is 2.85. The van der Waals surface area contributed by atoms with E-state index in [2.05, 4.69) is 17.5 Å². The van der Waals surface area contributed by atoms with Crippen LogP contribution in [0.3, 0.4) is 0 Å². The lowest BCUT2D eigenvalue weighted by Gasteiger charge is -2.02. The molecule has 86 valence electrons. The molecule has 16 heavy (non-hydrogen) atoms. The van der Waals surface area contributed by atoms with Crippen LogP contribution in [0.1, 0.15) is 31.4 Å². The van der Waals surface area contributed by atoms with E-state index in [1.807, 2.05) is 18.2 Å². The number of hydrogen-bond donors (Lipinski definition) is 1. The van der Waals surface area contributed by atoms with Crippen LogP contribution in [0.15, 0.2) is 40.5 Å². The van der Waals surface area contributed by atoms with Gasteiger partial charge in [0.05, 0.1) is 6.26 Å². The van der Waals surface area contributed by atoms with Crippen molar-refractivity contribution in [3.05, 3.63) is 41.9 Å². The van der Waals surface area contributed by atoms with Crippen molar-refractivity contribution in [1.82, 2.24) is 5.32 Å². The van der Waals surface area contributed by atoms with Crippen molar-refractivity contribution in [2.24, 2.45) is 0 Å². The minimum atomic E-state index is 0.911. The number of nitrogens with one attached hydrogen (secondary N) is 1. The normalized spacial score (nSPS) is 15.9. The Hall–Kier alpha value is -1.28. The molecular formula is C14H19NO. The van der Waals surface area contributed by atoms with Crippen LogP contribution in [-0.4, -0.2) is 13.1 Å². The lowest BCUT2D eigenvalue weighted by atomic mass is 10.2. The fourth-order valence-electron chi connectivity index (χ4n) is 1.96. The van der Waals surface area contributed by atoms with Gasteiger partial charge in [-0.05, 0) is 50.4 Å². The van der Waals surface area contributed by atoms with Gasteiger partial charge in [0, 0.05) is 6.54 Å². The fraction of sp³-hybridized carbons (Fsp3) is 0.429. The molecule has 2 heteroatoms. The molecular weight excluding hydrogens is 198 g/mol. The van der Waals surface area contributed by atoms with Gasteiger partial charge in [0.25, 0.3) is 0 Å². The molecule has 2 nitrogen and oxygen atoms in total. The van der Waals surface area contributed by atoms with E-state index in [0.717, 1.165) is 18.8 Å². The van der Waals surface area contributed by atoms with Crippen LogP contribution in [0.4, 0.5) is 0 Å². The maximum absolute atomic E-state index is 5.20. The van der Waals surface area contributed by atoms with Crippen LogP contribution >= 0.6 is 0 Å². The molecule has 1 aromatic rings. The fourth-order valence-corrected chi connectivity index (χ4v) is 1.96. The second-order valence-corrected chi connectivity index (χ2v) is 4.13. The first kappa shape index (κ1) is 11.2. The van der Waals surface area contributed by atoms with Crippen LogP contribution in [-0.2, 0) is 0 Å². The summed E-state index contributed by atoms with van der Waals surface area (Å²) in [4.78, 5) is 0. The molecule has 0 saturated carbocycles. The minimum absolute atomic E-state index is 0.911. The van der Waals surface area contributed by atoms with Crippen molar-refractivity contribution in [2.75, 3.05) is 13.1 Å². The van der Waals surface area contributed by atoms with Crippen LogP contribution in [0, 0.1) is 0 Å². The van der Waals surface area contributed by atoms with Gasteiger partial charge in [-0.15, -0.1) is 0 Å². The van der Waals surface area contributed by atoms with Gasteiger partial charge in [0.2, 0.25) is 0 Å². The van der Waals surface area contributed by atoms with Gasteiger partial charge in [-0.3, -0.25) is 0 Å². The molecule has 0 spiro atoms. The van der Waals surface area contributed by atoms with Gasteiger partial charge in [-0.1, -0.05) is 17.7 Å². The standard InChI is InChI=1S/C14H19NO/c1-2-6-13(5-1)9-11-15-10-3-7-14-8-4-12-16-14/h3-5,7-8,12,15H,1-2,6,9-11H2/b7-3+. The summed E-state index contributed by atoms with van der Waals surface area (Å²) in [6.07, 6.45) is 13.3. The Balaban J connectivity index is 1.55. The average Bonchev–Trinajstić information content (AvgIpc) is 2.96. The van der Waals surface area contributed by atoms with Crippen molar-refractivity contribution in [1.29, 1.82) is 0 Å². The molecule has 0 radical (unpaired) electrons. The highest BCUT2D eigenvalue weighted by Crippen LogP contribution is 2.19. The molecule has 1 heterocycles. The van der Waals surface area contributed by atoms with Crippen molar-refractivity contribution < 1.29 is 4.42 Å². The summed E-state index contributed by atoms with van der Waals surface area (Å²) >= 11 is 0. The zero-order valence-electron chi connectivity index (χ0n) is 9.61. The molecule has 2 rings (SSSR count). The van der Waals surface area contributed by atoms with Gasteiger partial charge in [-0.25, -0.2) is 0 Å². The van der Waals surface area contributed by atoms with Crippen molar-refractivity contribution in [2.45, 2.75) is 25.7 Å². The molecule has 0 saturated heterocycles. The number of hydrogen-bond acceptors (Lipinski definition) is 2. The lowest BCUT2D eigenvalue weighted by Crippen LogP contribution is -2.15. The van der Waals surface area contributed by atoms with Crippen molar-refractivity contribution in [3.8, 4) is 0 Å². The summed E-state index contributed by atoms with van der Waals surface area (Å²) in [6.45, 7) is 1.99. The summed E-state index contributed by atoms with van der Waals surface area (Å²) in [5.74, 6) is 0.917. The summed E-state index contributed by atoms with van der Waals surface area (Å²) in [6, 6.07) is 3.86. The Bertz CT molecular complexity index is 349. The van der Waals surface area contributed by atoms with Crippen molar-refractivity contribution in [3.63, 3.8) is 0 Å². The maximum Gasteiger partial charge on any atom is 0.126 e. The van der Waals surface area contributed by atoms with E-state index >= 15 is 0 Å². The maximum atomic E-state index is 5.20. The van der Waals surface area contributed by atoms with E-state index in [1.54, 1.807) is 11.8 Å². The summed E-state index contributed by atoms with van der Waals surface area (Å²) in [5.41, 5.74) is 1.63. The lowest BCUT2D eigenvalue weighted by molar-refractivity contribution is 0.556. The Kier molecular flexibility index (Phi) is 4.44. The van der Waals surface area contributed by atoms with E-state index in [4.69, 9.17) is 4.42 Å². The number of rotatable bonds is 6. The zero-order chi connectivity index (χ0) is 11.1. The van der Waals surface area contributed by atoms with Gasteiger partial charge in [0.15, 0.2) is 0 Å². The molecule has 0 aromatic carbocycles. The summed E-state index contributed by atoms with van der Waals surface area (Å²) in [5, 5.41) is 3.41. The Morgan fingerprint density at radius 1 is 1.44 bits per heavy atom. The molecule has 0 aliphatic heterocycles. The predicted molar refractivity (Wildman–Crippen MR) is 67.2 cm³/mol. The van der Waals surface area contributed by atoms with Gasteiger partial charge in [0.1, 0.15) is 5.76 Å². The van der Waals surface area contributed by atoms with E-state index in [-0.39, 0.29) is 0 Å². The van der Waals surface area contributed by atoms with Gasteiger partial charge in [-0.2, -0.15) is 0 Å². The predicted octanol–water partition coefficient (Wildman–Crippen LogP) is 3.38. The molecule has 0 unspecified atom stereocenters. The second-order valence-electron chi connectivity index (χ2n) is 4.13. The highest BCUT2D eigenvalue weighted by Gasteiger charge is 2.02. The quantitative estimate of drug-likeness (QED) is 0.583. The van der Waals surface area contributed by atoms with E-state index in [0.29, 0.717) is 0 Å². The van der Waals surface area contributed by atoms with E-state index in [9.17, 15) is 0 Å². The van der Waals surface area contributed by atoms with Crippen LogP contribution in [0.5, 0.6) is 0 Å². The molecule has 1 aromatic heterocycles. The van der Waals surface area contributed by atoms with Gasteiger partial charge >= 0.3 is 0 Å². The Morgan fingerprint density at radius 3 is 3.19 bits per heavy atom.